The van der Waals surface area contributed by atoms with Crippen LogP contribution in [-0.2, 0) is 0 Å². The topological polar surface area (TPSA) is 105 Å². The molecule has 0 aliphatic heterocycles. The number of H-pyrrole nitrogens is 1. The molecule has 1 amide bonds. The predicted molar refractivity (Wildman–Crippen MR) is 104 cm³/mol. The van der Waals surface area contributed by atoms with Gasteiger partial charge in [-0.15, -0.1) is 0 Å². The fourth-order valence-corrected chi connectivity index (χ4v) is 2.99. The minimum Gasteiger partial charge on any atom is -0.322 e. The number of aryl methyl sites for hydroxylation is 1. The second-order valence-electron chi connectivity index (χ2n) is 6.72. The molecule has 0 saturated carbocycles. The summed E-state index contributed by atoms with van der Waals surface area (Å²) in [6.07, 6.45) is 0. The van der Waals surface area contributed by atoms with Gasteiger partial charge in [0.05, 0.1) is 10.4 Å². The Morgan fingerprint density at radius 3 is 2.56 bits per heavy atom. The number of nitrogens with zero attached hydrogens (tertiary/aromatic N) is 1. The van der Waals surface area contributed by atoms with Gasteiger partial charge in [0.25, 0.3) is 11.6 Å². The Hall–Kier alpha value is -3.48. The van der Waals surface area contributed by atoms with Gasteiger partial charge in [-0.2, -0.15) is 0 Å². The molecule has 3 aromatic rings. The Bertz CT molecular complexity index is 1120. The number of fused-ring (bicyclic) bond motifs is 1. The van der Waals surface area contributed by atoms with E-state index in [0.29, 0.717) is 16.8 Å². The maximum atomic E-state index is 12.5. The van der Waals surface area contributed by atoms with E-state index in [1.807, 2.05) is 19.9 Å². The molecule has 2 aromatic carbocycles. The molecule has 138 valence electrons. The van der Waals surface area contributed by atoms with Crippen LogP contribution in [0.4, 0.5) is 11.4 Å². The standard InChI is InChI=1S/C20H19N3O4/c1-11(2)16-10-19(24)22-17-9-14(6-7-15(16)17)21-20(25)13-5-4-12(3)18(8-13)23(26)27/h4-11H,1-3H3,(H,21,25)(H,22,24). The lowest BCUT2D eigenvalue weighted by Gasteiger charge is -2.11. The van der Waals surface area contributed by atoms with Gasteiger partial charge in [-0.25, -0.2) is 0 Å². The first-order valence-electron chi connectivity index (χ1n) is 8.49. The highest BCUT2D eigenvalue weighted by atomic mass is 16.6. The number of aromatic amines is 1. The number of nitro benzene ring substituents is 1. The third kappa shape index (κ3) is 3.72. The van der Waals surface area contributed by atoms with E-state index in [9.17, 15) is 19.7 Å². The van der Waals surface area contributed by atoms with Crippen LogP contribution in [0.2, 0.25) is 0 Å². The second-order valence-corrected chi connectivity index (χ2v) is 6.72. The minimum absolute atomic E-state index is 0.105. The molecule has 0 atom stereocenters. The van der Waals surface area contributed by atoms with Gasteiger partial charge in [0.2, 0.25) is 5.56 Å². The normalized spacial score (nSPS) is 11.0. The molecule has 0 radical (unpaired) electrons. The zero-order chi connectivity index (χ0) is 19.7. The number of rotatable bonds is 4. The van der Waals surface area contributed by atoms with Crippen molar-refractivity contribution in [2.24, 2.45) is 0 Å². The molecule has 1 heterocycles. The molecule has 0 unspecified atom stereocenters. The summed E-state index contributed by atoms with van der Waals surface area (Å²) >= 11 is 0. The summed E-state index contributed by atoms with van der Waals surface area (Å²) in [5.74, 6) is -0.275. The zero-order valence-electron chi connectivity index (χ0n) is 15.2. The Balaban J connectivity index is 1.95. The van der Waals surface area contributed by atoms with Crippen LogP contribution in [0.3, 0.4) is 0 Å². The number of benzene rings is 2. The minimum atomic E-state index is -0.514. The fraction of sp³-hybridized carbons (Fsp3) is 0.200. The van der Waals surface area contributed by atoms with Crippen LogP contribution >= 0.6 is 0 Å². The van der Waals surface area contributed by atoms with Gasteiger partial charge >= 0.3 is 0 Å². The smallest absolute Gasteiger partial charge is 0.273 e. The molecular formula is C20H19N3O4. The summed E-state index contributed by atoms with van der Waals surface area (Å²) in [6.45, 7) is 5.63. The van der Waals surface area contributed by atoms with Crippen molar-refractivity contribution in [3.63, 3.8) is 0 Å². The van der Waals surface area contributed by atoms with Crippen molar-refractivity contribution in [1.29, 1.82) is 0 Å². The summed E-state index contributed by atoms with van der Waals surface area (Å²) in [4.78, 5) is 37.7. The SMILES string of the molecule is Cc1ccc(C(=O)Nc2ccc3c(C(C)C)cc(=O)[nH]c3c2)cc1[N+](=O)[O-]. The Labute approximate surface area is 155 Å². The maximum absolute atomic E-state index is 12.5. The first-order valence-corrected chi connectivity index (χ1v) is 8.49. The molecular weight excluding hydrogens is 346 g/mol. The van der Waals surface area contributed by atoms with Crippen LogP contribution in [0.15, 0.2) is 47.3 Å². The van der Waals surface area contributed by atoms with E-state index >= 15 is 0 Å². The Kier molecular flexibility index (Phi) is 4.77. The number of nitro groups is 1. The number of aromatic nitrogens is 1. The molecule has 1 aromatic heterocycles. The molecule has 0 fully saturated rings. The highest BCUT2D eigenvalue weighted by molar-refractivity contribution is 6.05. The van der Waals surface area contributed by atoms with E-state index in [4.69, 9.17) is 0 Å². The zero-order valence-corrected chi connectivity index (χ0v) is 15.2. The van der Waals surface area contributed by atoms with Gasteiger partial charge in [-0.05, 0) is 36.6 Å². The van der Waals surface area contributed by atoms with Gasteiger partial charge in [-0.3, -0.25) is 19.7 Å². The number of nitrogens with one attached hydrogen (secondary N) is 2. The van der Waals surface area contributed by atoms with Gasteiger partial charge in [-0.1, -0.05) is 26.0 Å². The molecule has 7 nitrogen and oxygen atoms in total. The lowest BCUT2D eigenvalue weighted by atomic mass is 9.99. The molecule has 0 bridgehead atoms. The molecule has 7 heteroatoms. The number of hydrogen-bond donors (Lipinski definition) is 2. The molecule has 27 heavy (non-hydrogen) atoms. The number of pyridine rings is 1. The molecule has 2 N–H and O–H groups in total. The van der Waals surface area contributed by atoms with E-state index in [2.05, 4.69) is 10.3 Å². The van der Waals surface area contributed by atoms with E-state index in [-0.39, 0.29) is 22.7 Å². The number of anilines is 1. The summed E-state index contributed by atoms with van der Waals surface area (Å²) in [5.41, 5.74) is 2.42. The van der Waals surface area contributed by atoms with Gasteiger partial charge < -0.3 is 10.3 Å². The van der Waals surface area contributed by atoms with Crippen molar-refractivity contribution in [2.75, 3.05) is 5.32 Å². The monoisotopic (exact) mass is 365 g/mol. The third-order valence-corrected chi connectivity index (χ3v) is 4.42. The van der Waals surface area contributed by atoms with E-state index < -0.39 is 10.8 Å². The van der Waals surface area contributed by atoms with Crippen molar-refractivity contribution in [3.8, 4) is 0 Å². The molecule has 0 aliphatic rings. The first-order chi connectivity index (χ1) is 12.8. The number of hydrogen-bond acceptors (Lipinski definition) is 4. The van der Waals surface area contributed by atoms with Crippen LogP contribution in [0, 0.1) is 17.0 Å². The largest absolute Gasteiger partial charge is 0.322 e. The van der Waals surface area contributed by atoms with Crippen molar-refractivity contribution in [3.05, 3.63) is 79.6 Å². The van der Waals surface area contributed by atoms with Crippen LogP contribution in [0.25, 0.3) is 10.9 Å². The van der Waals surface area contributed by atoms with Crippen LogP contribution in [-0.4, -0.2) is 15.8 Å². The average molecular weight is 365 g/mol. The van der Waals surface area contributed by atoms with Crippen LogP contribution in [0.1, 0.15) is 41.3 Å². The predicted octanol–water partition coefficient (Wildman–Crippen LogP) is 4.12. The fourth-order valence-electron chi connectivity index (χ4n) is 2.99. The number of carbonyl (C=O) groups excluding carboxylic acids is 1. The van der Waals surface area contributed by atoms with Crippen LogP contribution in [0.5, 0.6) is 0 Å². The van der Waals surface area contributed by atoms with Crippen molar-refractivity contribution in [2.45, 2.75) is 26.7 Å². The van der Waals surface area contributed by atoms with Gasteiger partial charge in [0.15, 0.2) is 0 Å². The summed E-state index contributed by atoms with van der Waals surface area (Å²) in [6, 6.07) is 11.2. The Morgan fingerprint density at radius 2 is 1.89 bits per heavy atom. The average Bonchev–Trinajstić information content (AvgIpc) is 2.60. The maximum Gasteiger partial charge on any atom is 0.273 e. The summed E-state index contributed by atoms with van der Waals surface area (Å²) in [5, 5.41) is 14.7. The molecule has 0 aliphatic carbocycles. The highest BCUT2D eigenvalue weighted by Gasteiger charge is 2.15. The van der Waals surface area contributed by atoms with E-state index in [0.717, 1.165) is 10.9 Å². The summed E-state index contributed by atoms with van der Waals surface area (Å²) < 4.78 is 0. The number of carbonyl (C=O) groups is 1. The van der Waals surface area contributed by atoms with E-state index in [1.165, 1.54) is 12.1 Å². The molecule has 3 rings (SSSR count). The molecule has 0 spiro atoms. The quantitative estimate of drug-likeness (QED) is 0.536. The lowest BCUT2D eigenvalue weighted by Crippen LogP contribution is -2.13. The summed E-state index contributed by atoms with van der Waals surface area (Å²) in [7, 11) is 0. The Morgan fingerprint density at radius 1 is 1.15 bits per heavy atom. The van der Waals surface area contributed by atoms with Crippen LogP contribution < -0.4 is 10.9 Å². The van der Waals surface area contributed by atoms with Gasteiger partial charge in [0.1, 0.15) is 0 Å². The molecule has 0 saturated heterocycles. The second kappa shape index (κ2) is 7.03. The number of amides is 1. The van der Waals surface area contributed by atoms with E-state index in [1.54, 1.807) is 31.2 Å². The van der Waals surface area contributed by atoms with Crippen molar-refractivity contribution >= 4 is 28.2 Å². The first kappa shape index (κ1) is 18.3. The van der Waals surface area contributed by atoms with Gasteiger partial charge in [0, 0.05) is 34.3 Å². The van der Waals surface area contributed by atoms with Crippen molar-refractivity contribution in [1.82, 2.24) is 4.98 Å². The lowest BCUT2D eigenvalue weighted by molar-refractivity contribution is -0.385. The highest BCUT2D eigenvalue weighted by Crippen LogP contribution is 2.25. The third-order valence-electron chi connectivity index (χ3n) is 4.42. The van der Waals surface area contributed by atoms with Crippen molar-refractivity contribution < 1.29 is 9.72 Å².